The number of nitrogens with zero attached hydrogens (tertiary/aromatic N) is 2. The SMILES string of the molecule is Nc1nc(NCCc2ccc(O)cc2)cc(Nc2ccccc2)n1. The number of rotatable bonds is 6. The summed E-state index contributed by atoms with van der Waals surface area (Å²) in [6, 6.07) is 18.7. The fourth-order valence-corrected chi connectivity index (χ4v) is 2.29. The summed E-state index contributed by atoms with van der Waals surface area (Å²) in [4.78, 5) is 8.39. The molecule has 6 nitrogen and oxygen atoms in total. The molecular formula is C18H19N5O. The van der Waals surface area contributed by atoms with E-state index < -0.39 is 0 Å². The Bertz CT molecular complexity index is 790. The van der Waals surface area contributed by atoms with Gasteiger partial charge in [0.1, 0.15) is 17.4 Å². The highest BCUT2D eigenvalue weighted by molar-refractivity contribution is 5.60. The van der Waals surface area contributed by atoms with E-state index in [4.69, 9.17) is 5.73 Å². The molecule has 3 rings (SSSR count). The predicted octanol–water partition coefficient (Wildman–Crippen LogP) is 3.16. The molecule has 0 bridgehead atoms. The van der Waals surface area contributed by atoms with E-state index in [9.17, 15) is 5.11 Å². The third-order valence-electron chi connectivity index (χ3n) is 3.45. The maximum atomic E-state index is 9.29. The Morgan fingerprint density at radius 2 is 1.62 bits per heavy atom. The van der Waals surface area contributed by atoms with Crippen molar-refractivity contribution < 1.29 is 5.11 Å². The fourth-order valence-electron chi connectivity index (χ4n) is 2.29. The largest absolute Gasteiger partial charge is 0.508 e. The van der Waals surface area contributed by atoms with Crippen LogP contribution in [0, 0.1) is 0 Å². The number of para-hydroxylation sites is 1. The average molecular weight is 321 g/mol. The van der Waals surface area contributed by atoms with Crippen LogP contribution in [0.25, 0.3) is 0 Å². The second-order valence-corrected chi connectivity index (χ2v) is 5.33. The smallest absolute Gasteiger partial charge is 0.223 e. The van der Waals surface area contributed by atoms with Gasteiger partial charge in [-0.05, 0) is 36.2 Å². The van der Waals surface area contributed by atoms with Gasteiger partial charge in [-0.25, -0.2) is 0 Å². The average Bonchev–Trinajstić information content (AvgIpc) is 2.57. The molecule has 122 valence electrons. The number of hydrogen-bond donors (Lipinski definition) is 4. The van der Waals surface area contributed by atoms with Crippen molar-refractivity contribution in [3.05, 3.63) is 66.2 Å². The maximum absolute atomic E-state index is 9.29. The van der Waals surface area contributed by atoms with E-state index in [0.29, 0.717) is 18.2 Å². The molecule has 1 heterocycles. The zero-order valence-corrected chi connectivity index (χ0v) is 13.1. The number of anilines is 4. The lowest BCUT2D eigenvalue weighted by Crippen LogP contribution is -2.09. The lowest BCUT2D eigenvalue weighted by atomic mass is 10.1. The monoisotopic (exact) mass is 321 g/mol. The van der Waals surface area contributed by atoms with Crippen LogP contribution in [0.3, 0.4) is 0 Å². The Balaban J connectivity index is 1.62. The molecule has 0 aliphatic rings. The van der Waals surface area contributed by atoms with Gasteiger partial charge in [-0.1, -0.05) is 30.3 Å². The second-order valence-electron chi connectivity index (χ2n) is 5.33. The molecule has 1 aromatic heterocycles. The van der Waals surface area contributed by atoms with Crippen molar-refractivity contribution in [2.75, 3.05) is 22.9 Å². The lowest BCUT2D eigenvalue weighted by molar-refractivity contribution is 0.475. The first-order valence-electron chi connectivity index (χ1n) is 7.67. The molecule has 0 aliphatic heterocycles. The number of nitrogen functional groups attached to an aromatic ring is 1. The van der Waals surface area contributed by atoms with Crippen molar-refractivity contribution in [1.82, 2.24) is 9.97 Å². The summed E-state index contributed by atoms with van der Waals surface area (Å²) in [6.07, 6.45) is 0.811. The minimum absolute atomic E-state index is 0.211. The number of nitrogens with two attached hydrogens (primary N) is 1. The number of aromatic nitrogens is 2. The molecule has 0 saturated heterocycles. The molecule has 3 aromatic rings. The summed E-state index contributed by atoms with van der Waals surface area (Å²) >= 11 is 0. The van der Waals surface area contributed by atoms with Crippen LogP contribution in [0.4, 0.5) is 23.3 Å². The maximum Gasteiger partial charge on any atom is 0.223 e. The third-order valence-corrected chi connectivity index (χ3v) is 3.45. The van der Waals surface area contributed by atoms with Crippen molar-refractivity contribution >= 4 is 23.3 Å². The molecular weight excluding hydrogens is 302 g/mol. The first-order valence-corrected chi connectivity index (χ1v) is 7.67. The summed E-state index contributed by atoms with van der Waals surface area (Å²) in [6.45, 7) is 0.700. The van der Waals surface area contributed by atoms with Gasteiger partial charge >= 0.3 is 0 Å². The summed E-state index contributed by atoms with van der Waals surface area (Å²) < 4.78 is 0. The highest BCUT2D eigenvalue weighted by atomic mass is 16.3. The highest BCUT2D eigenvalue weighted by Gasteiger charge is 2.03. The van der Waals surface area contributed by atoms with E-state index in [1.165, 1.54) is 0 Å². The quantitative estimate of drug-likeness (QED) is 0.557. The first-order chi connectivity index (χ1) is 11.7. The highest BCUT2D eigenvalue weighted by Crippen LogP contribution is 2.18. The summed E-state index contributed by atoms with van der Waals surface area (Å²) in [5.74, 6) is 1.79. The minimum Gasteiger partial charge on any atom is -0.508 e. The van der Waals surface area contributed by atoms with Gasteiger partial charge in [-0.15, -0.1) is 0 Å². The van der Waals surface area contributed by atoms with Crippen LogP contribution in [0.15, 0.2) is 60.7 Å². The fraction of sp³-hybridized carbons (Fsp3) is 0.111. The zero-order valence-electron chi connectivity index (χ0n) is 13.1. The van der Waals surface area contributed by atoms with E-state index in [1.54, 1.807) is 12.1 Å². The normalized spacial score (nSPS) is 10.3. The Morgan fingerprint density at radius 3 is 2.38 bits per heavy atom. The van der Waals surface area contributed by atoms with Crippen molar-refractivity contribution in [2.24, 2.45) is 0 Å². The van der Waals surface area contributed by atoms with Gasteiger partial charge in [0.2, 0.25) is 5.95 Å². The molecule has 0 fully saturated rings. The molecule has 5 N–H and O–H groups in total. The molecule has 6 heteroatoms. The molecule has 0 spiro atoms. The van der Waals surface area contributed by atoms with Crippen LogP contribution >= 0.6 is 0 Å². The van der Waals surface area contributed by atoms with Crippen molar-refractivity contribution in [3.63, 3.8) is 0 Å². The van der Waals surface area contributed by atoms with Crippen LogP contribution in [-0.4, -0.2) is 21.6 Å². The standard InChI is InChI=1S/C18H19N5O/c19-18-22-16(20-11-10-13-6-8-15(24)9-7-13)12-17(23-18)21-14-4-2-1-3-5-14/h1-9,12,24H,10-11H2,(H4,19,20,21,22,23). The van der Waals surface area contributed by atoms with Gasteiger partial charge in [-0.3, -0.25) is 0 Å². The zero-order chi connectivity index (χ0) is 16.8. The Labute approximate surface area is 140 Å². The Hall–Kier alpha value is -3.28. The van der Waals surface area contributed by atoms with Crippen LogP contribution in [0.1, 0.15) is 5.56 Å². The second kappa shape index (κ2) is 7.32. The van der Waals surface area contributed by atoms with Crippen molar-refractivity contribution in [2.45, 2.75) is 6.42 Å². The number of nitrogens with one attached hydrogen (secondary N) is 2. The van der Waals surface area contributed by atoms with Gasteiger partial charge in [0.05, 0.1) is 0 Å². The van der Waals surface area contributed by atoms with Crippen LogP contribution < -0.4 is 16.4 Å². The van der Waals surface area contributed by atoms with Crippen LogP contribution in [0.5, 0.6) is 5.75 Å². The molecule has 0 atom stereocenters. The van der Waals surface area contributed by atoms with Crippen LogP contribution in [0.2, 0.25) is 0 Å². The van der Waals surface area contributed by atoms with E-state index in [0.717, 1.165) is 17.7 Å². The predicted molar refractivity (Wildman–Crippen MR) is 96.5 cm³/mol. The van der Waals surface area contributed by atoms with Gasteiger partial charge in [0, 0.05) is 18.3 Å². The number of benzene rings is 2. The molecule has 0 unspecified atom stereocenters. The molecule has 0 radical (unpaired) electrons. The van der Waals surface area contributed by atoms with Gasteiger partial charge < -0.3 is 21.5 Å². The van der Waals surface area contributed by atoms with Gasteiger partial charge in [-0.2, -0.15) is 9.97 Å². The molecule has 0 aliphatic carbocycles. The molecule has 24 heavy (non-hydrogen) atoms. The summed E-state index contributed by atoms with van der Waals surface area (Å²) in [7, 11) is 0. The molecule has 0 amide bonds. The van der Waals surface area contributed by atoms with Crippen LogP contribution in [-0.2, 0) is 6.42 Å². The minimum atomic E-state index is 0.211. The first kappa shape index (κ1) is 15.6. The van der Waals surface area contributed by atoms with Gasteiger partial charge in [0.25, 0.3) is 0 Å². The van der Waals surface area contributed by atoms with E-state index in [-0.39, 0.29) is 11.7 Å². The van der Waals surface area contributed by atoms with Crippen molar-refractivity contribution in [1.29, 1.82) is 0 Å². The number of phenols is 1. The third kappa shape index (κ3) is 4.36. The topological polar surface area (TPSA) is 96.1 Å². The van der Waals surface area contributed by atoms with E-state index in [1.807, 2.05) is 48.5 Å². The number of aromatic hydroxyl groups is 1. The molecule has 2 aromatic carbocycles. The molecule has 0 saturated carbocycles. The number of hydrogen-bond acceptors (Lipinski definition) is 6. The van der Waals surface area contributed by atoms with E-state index >= 15 is 0 Å². The van der Waals surface area contributed by atoms with Crippen molar-refractivity contribution in [3.8, 4) is 5.75 Å². The van der Waals surface area contributed by atoms with Gasteiger partial charge in [0.15, 0.2) is 0 Å². The summed E-state index contributed by atoms with van der Waals surface area (Å²) in [5.41, 5.74) is 7.85. The Kier molecular flexibility index (Phi) is 4.76. The Morgan fingerprint density at radius 1 is 0.917 bits per heavy atom. The number of phenolic OH excluding ortho intramolecular Hbond substituents is 1. The summed E-state index contributed by atoms with van der Waals surface area (Å²) in [5, 5.41) is 15.7. The lowest BCUT2D eigenvalue weighted by Gasteiger charge is -2.10. The van der Waals surface area contributed by atoms with E-state index in [2.05, 4.69) is 20.6 Å².